The number of carbonyl (C=O) groups is 1. The Labute approximate surface area is 156 Å². The number of methoxy groups -OCH3 is 1. The van der Waals surface area contributed by atoms with Gasteiger partial charge in [0, 0.05) is 37.4 Å². The van der Waals surface area contributed by atoms with Gasteiger partial charge in [0.2, 0.25) is 0 Å². The van der Waals surface area contributed by atoms with E-state index >= 15 is 0 Å². The molecule has 0 aromatic heterocycles. The largest absolute Gasteiger partial charge is 0.497 e. The molecule has 1 aliphatic rings. The number of ether oxygens (including phenoxy) is 1. The first kappa shape index (κ1) is 18.3. The lowest BCUT2D eigenvalue weighted by Crippen LogP contribution is -2.48. The summed E-state index contributed by atoms with van der Waals surface area (Å²) in [6, 6.07) is 16.2. The molecule has 0 atom stereocenters. The maximum atomic E-state index is 12.7. The van der Waals surface area contributed by atoms with E-state index in [1.165, 1.54) is 24.1 Å². The summed E-state index contributed by atoms with van der Waals surface area (Å²) in [6.45, 7) is 5.41. The van der Waals surface area contributed by atoms with Gasteiger partial charge in [-0.3, -0.25) is 4.79 Å². The van der Waals surface area contributed by atoms with Crippen LogP contribution in [-0.4, -0.2) is 44.1 Å². The number of hydrogen-bond acceptors (Lipinski definition) is 3. The van der Waals surface area contributed by atoms with Crippen molar-refractivity contribution in [1.29, 1.82) is 0 Å². The molecular weight excluding hydrogens is 324 g/mol. The molecule has 4 nitrogen and oxygen atoms in total. The average molecular weight is 352 g/mol. The van der Waals surface area contributed by atoms with Crippen molar-refractivity contribution in [3.05, 3.63) is 59.7 Å². The summed E-state index contributed by atoms with van der Waals surface area (Å²) < 4.78 is 5.21. The number of amides is 1. The average Bonchev–Trinajstić information content (AvgIpc) is 2.72. The standard InChI is InChI=1S/C22H28N2O2/c1-3-4-5-18-6-8-19(9-7-18)22(25)24-16-14-23(15-17-24)20-10-12-21(26-2)13-11-20/h6-13H,3-5,14-17H2,1-2H3. The Balaban J connectivity index is 1.55. The van der Waals surface area contributed by atoms with E-state index in [2.05, 4.69) is 36.1 Å². The molecule has 1 heterocycles. The summed E-state index contributed by atoms with van der Waals surface area (Å²) in [4.78, 5) is 17.0. The molecule has 1 amide bonds. The number of anilines is 1. The molecule has 0 aliphatic carbocycles. The van der Waals surface area contributed by atoms with Gasteiger partial charge in [0.25, 0.3) is 5.91 Å². The molecule has 0 N–H and O–H groups in total. The molecule has 0 unspecified atom stereocenters. The van der Waals surface area contributed by atoms with Crippen LogP contribution in [0.2, 0.25) is 0 Å². The monoisotopic (exact) mass is 352 g/mol. The van der Waals surface area contributed by atoms with Gasteiger partial charge in [0.05, 0.1) is 7.11 Å². The molecule has 1 saturated heterocycles. The number of nitrogens with zero attached hydrogens (tertiary/aromatic N) is 2. The van der Waals surface area contributed by atoms with Crippen LogP contribution in [0.5, 0.6) is 5.75 Å². The van der Waals surface area contributed by atoms with E-state index in [4.69, 9.17) is 4.74 Å². The molecule has 0 saturated carbocycles. The van der Waals surface area contributed by atoms with Gasteiger partial charge in [-0.15, -0.1) is 0 Å². The number of piperazine rings is 1. The molecule has 138 valence electrons. The van der Waals surface area contributed by atoms with Crippen LogP contribution >= 0.6 is 0 Å². The second-order valence-corrected chi connectivity index (χ2v) is 6.78. The fraction of sp³-hybridized carbons (Fsp3) is 0.409. The van der Waals surface area contributed by atoms with Gasteiger partial charge in [0.15, 0.2) is 0 Å². The first-order valence-corrected chi connectivity index (χ1v) is 9.48. The van der Waals surface area contributed by atoms with Crippen LogP contribution in [-0.2, 0) is 6.42 Å². The first-order chi connectivity index (χ1) is 12.7. The molecule has 26 heavy (non-hydrogen) atoms. The third kappa shape index (κ3) is 4.37. The summed E-state index contributed by atoms with van der Waals surface area (Å²) in [5.41, 5.74) is 3.29. The van der Waals surface area contributed by atoms with Crippen molar-refractivity contribution in [1.82, 2.24) is 4.90 Å². The van der Waals surface area contributed by atoms with Crippen LogP contribution in [0.1, 0.15) is 35.7 Å². The molecule has 4 heteroatoms. The third-order valence-corrected chi connectivity index (χ3v) is 5.02. The van der Waals surface area contributed by atoms with Crippen LogP contribution in [0.15, 0.2) is 48.5 Å². The number of unbranched alkanes of at least 4 members (excludes halogenated alkanes) is 1. The highest BCUT2D eigenvalue weighted by Crippen LogP contribution is 2.21. The predicted molar refractivity (Wildman–Crippen MR) is 106 cm³/mol. The second kappa shape index (κ2) is 8.75. The Bertz CT molecular complexity index is 702. The summed E-state index contributed by atoms with van der Waals surface area (Å²) in [7, 11) is 1.68. The van der Waals surface area contributed by atoms with Gasteiger partial charge in [0.1, 0.15) is 5.75 Å². The Kier molecular flexibility index (Phi) is 6.16. The molecule has 3 rings (SSSR count). The molecular formula is C22H28N2O2. The van der Waals surface area contributed by atoms with E-state index in [9.17, 15) is 4.79 Å². The summed E-state index contributed by atoms with van der Waals surface area (Å²) >= 11 is 0. The number of benzene rings is 2. The topological polar surface area (TPSA) is 32.8 Å². The lowest BCUT2D eigenvalue weighted by molar-refractivity contribution is 0.0747. The van der Waals surface area contributed by atoms with Crippen molar-refractivity contribution in [3.63, 3.8) is 0 Å². The van der Waals surface area contributed by atoms with Crippen LogP contribution in [0, 0.1) is 0 Å². The van der Waals surface area contributed by atoms with Crippen LogP contribution in [0.25, 0.3) is 0 Å². The van der Waals surface area contributed by atoms with Gasteiger partial charge in [-0.05, 0) is 54.8 Å². The van der Waals surface area contributed by atoms with Crippen molar-refractivity contribution >= 4 is 11.6 Å². The lowest BCUT2D eigenvalue weighted by Gasteiger charge is -2.36. The molecule has 1 fully saturated rings. The summed E-state index contributed by atoms with van der Waals surface area (Å²) in [6.07, 6.45) is 3.48. The van der Waals surface area contributed by atoms with Crippen molar-refractivity contribution < 1.29 is 9.53 Å². The van der Waals surface area contributed by atoms with E-state index in [1.54, 1.807) is 7.11 Å². The highest BCUT2D eigenvalue weighted by Gasteiger charge is 2.22. The van der Waals surface area contributed by atoms with Gasteiger partial charge in [-0.1, -0.05) is 25.5 Å². The third-order valence-electron chi connectivity index (χ3n) is 5.02. The van der Waals surface area contributed by atoms with Crippen molar-refractivity contribution in [2.45, 2.75) is 26.2 Å². The zero-order chi connectivity index (χ0) is 18.4. The zero-order valence-electron chi connectivity index (χ0n) is 15.8. The summed E-state index contributed by atoms with van der Waals surface area (Å²) in [5, 5.41) is 0. The SMILES string of the molecule is CCCCc1ccc(C(=O)N2CCN(c3ccc(OC)cc3)CC2)cc1. The number of rotatable bonds is 6. The Hall–Kier alpha value is -2.49. The van der Waals surface area contributed by atoms with Crippen molar-refractivity contribution in [2.24, 2.45) is 0 Å². The number of aryl methyl sites for hydroxylation is 1. The number of hydrogen-bond donors (Lipinski definition) is 0. The predicted octanol–water partition coefficient (Wildman–Crippen LogP) is 4.00. The van der Waals surface area contributed by atoms with Crippen LogP contribution < -0.4 is 9.64 Å². The smallest absolute Gasteiger partial charge is 0.253 e. The molecule has 2 aromatic rings. The lowest BCUT2D eigenvalue weighted by atomic mass is 10.1. The minimum absolute atomic E-state index is 0.140. The number of carbonyl (C=O) groups excluding carboxylic acids is 1. The first-order valence-electron chi connectivity index (χ1n) is 9.48. The van der Waals surface area contributed by atoms with Crippen molar-refractivity contribution in [3.8, 4) is 5.75 Å². The van der Waals surface area contributed by atoms with Gasteiger partial charge in [-0.2, -0.15) is 0 Å². The minimum atomic E-state index is 0.140. The Morgan fingerprint density at radius 3 is 2.19 bits per heavy atom. The van der Waals surface area contributed by atoms with Gasteiger partial charge < -0.3 is 14.5 Å². The maximum Gasteiger partial charge on any atom is 0.253 e. The van der Waals surface area contributed by atoms with E-state index in [1.807, 2.05) is 29.2 Å². The van der Waals surface area contributed by atoms with Crippen LogP contribution in [0.3, 0.4) is 0 Å². The van der Waals surface area contributed by atoms with Gasteiger partial charge in [-0.25, -0.2) is 0 Å². The Morgan fingerprint density at radius 1 is 0.962 bits per heavy atom. The highest BCUT2D eigenvalue weighted by atomic mass is 16.5. The fourth-order valence-electron chi connectivity index (χ4n) is 3.34. The Morgan fingerprint density at radius 2 is 1.62 bits per heavy atom. The van der Waals surface area contributed by atoms with E-state index < -0.39 is 0 Å². The molecule has 1 aliphatic heterocycles. The van der Waals surface area contributed by atoms with Crippen molar-refractivity contribution in [2.75, 3.05) is 38.2 Å². The quantitative estimate of drug-likeness (QED) is 0.788. The van der Waals surface area contributed by atoms with Crippen LogP contribution in [0.4, 0.5) is 5.69 Å². The second-order valence-electron chi connectivity index (χ2n) is 6.78. The fourth-order valence-corrected chi connectivity index (χ4v) is 3.34. The van der Waals surface area contributed by atoms with E-state index in [0.29, 0.717) is 0 Å². The van der Waals surface area contributed by atoms with Gasteiger partial charge >= 0.3 is 0 Å². The maximum absolute atomic E-state index is 12.7. The normalized spacial score (nSPS) is 14.4. The molecule has 0 radical (unpaired) electrons. The van der Waals surface area contributed by atoms with E-state index in [0.717, 1.165) is 43.9 Å². The molecule has 0 spiro atoms. The summed E-state index contributed by atoms with van der Waals surface area (Å²) in [5.74, 6) is 1.01. The van der Waals surface area contributed by atoms with E-state index in [-0.39, 0.29) is 5.91 Å². The molecule has 0 bridgehead atoms. The zero-order valence-corrected chi connectivity index (χ0v) is 15.8. The minimum Gasteiger partial charge on any atom is -0.497 e. The molecule has 2 aromatic carbocycles. The highest BCUT2D eigenvalue weighted by molar-refractivity contribution is 5.94.